The highest BCUT2D eigenvalue weighted by Gasteiger charge is 2.29. The van der Waals surface area contributed by atoms with Crippen molar-refractivity contribution >= 4 is 5.95 Å². The van der Waals surface area contributed by atoms with Gasteiger partial charge in [0, 0.05) is 57.1 Å². The molecular weight excluding hydrogens is 254 g/mol. The van der Waals surface area contributed by atoms with Crippen molar-refractivity contribution in [2.24, 2.45) is 5.92 Å². The molecule has 2 atom stereocenters. The molecule has 3 heterocycles. The Morgan fingerprint density at radius 1 is 1.20 bits per heavy atom. The van der Waals surface area contributed by atoms with Crippen LogP contribution in [-0.4, -0.2) is 73.9 Å². The van der Waals surface area contributed by atoms with Crippen LogP contribution in [0.3, 0.4) is 0 Å². The zero-order valence-electron chi connectivity index (χ0n) is 12.0. The maximum Gasteiger partial charge on any atom is 0.225 e. The monoisotopic (exact) mass is 277 g/mol. The van der Waals surface area contributed by atoms with E-state index in [1.165, 1.54) is 0 Å². The van der Waals surface area contributed by atoms with E-state index < -0.39 is 0 Å². The summed E-state index contributed by atoms with van der Waals surface area (Å²) in [4.78, 5) is 13.4. The van der Waals surface area contributed by atoms with Gasteiger partial charge in [0.05, 0.1) is 13.2 Å². The summed E-state index contributed by atoms with van der Waals surface area (Å²) in [5, 5.41) is 3.36. The second kappa shape index (κ2) is 6.47. The average molecular weight is 277 g/mol. The molecule has 0 aromatic carbocycles. The number of nitrogens with one attached hydrogen (secondary N) is 1. The number of hydrogen-bond acceptors (Lipinski definition) is 6. The summed E-state index contributed by atoms with van der Waals surface area (Å²) in [7, 11) is 2.02. The second-order valence-corrected chi connectivity index (χ2v) is 5.53. The van der Waals surface area contributed by atoms with Crippen LogP contribution in [0.25, 0.3) is 0 Å². The molecule has 0 saturated carbocycles. The SMILES string of the molecule is CNC1COCC1CN1CCN(c2ncccn2)CC1. The molecule has 6 nitrogen and oxygen atoms in total. The minimum atomic E-state index is 0.505. The van der Waals surface area contributed by atoms with E-state index in [9.17, 15) is 0 Å². The first kappa shape index (κ1) is 13.7. The molecule has 3 rings (SSSR count). The van der Waals surface area contributed by atoms with Crippen LogP contribution in [0.4, 0.5) is 5.95 Å². The summed E-state index contributed by atoms with van der Waals surface area (Å²) in [5.74, 6) is 1.46. The number of likely N-dealkylation sites (N-methyl/N-ethyl adjacent to an activating group) is 1. The Bertz CT molecular complexity index is 407. The Balaban J connectivity index is 1.49. The topological polar surface area (TPSA) is 53.5 Å². The molecular formula is C14H23N5O. The predicted molar refractivity (Wildman–Crippen MR) is 77.8 cm³/mol. The van der Waals surface area contributed by atoms with Gasteiger partial charge in [-0.2, -0.15) is 0 Å². The smallest absolute Gasteiger partial charge is 0.225 e. The Labute approximate surface area is 120 Å². The van der Waals surface area contributed by atoms with Gasteiger partial charge in [0.15, 0.2) is 0 Å². The Kier molecular flexibility index (Phi) is 4.44. The molecule has 110 valence electrons. The molecule has 0 aliphatic carbocycles. The standard InChI is InChI=1S/C14H23N5O/c1-15-13-11-20-10-12(13)9-18-5-7-19(8-6-18)14-16-3-2-4-17-14/h2-4,12-13,15H,5-11H2,1H3. The molecule has 2 unspecified atom stereocenters. The molecule has 20 heavy (non-hydrogen) atoms. The number of nitrogens with zero attached hydrogens (tertiary/aromatic N) is 4. The molecule has 0 radical (unpaired) electrons. The first-order valence-corrected chi connectivity index (χ1v) is 7.36. The zero-order chi connectivity index (χ0) is 13.8. The van der Waals surface area contributed by atoms with Gasteiger partial charge in [-0.15, -0.1) is 0 Å². The van der Waals surface area contributed by atoms with Gasteiger partial charge in [-0.25, -0.2) is 9.97 Å². The van der Waals surface area contributed by atoms with E-state index in [4.69, 9.17) is 4.74 Å². The largest absolute Gasteiger partial charge is 0.379 e. The van der Waals surface area contributed by atoms with Gasteiger partial charge in [0.1, 0.15) is 0 Å². The summed E-state index contributed by atoms with van der Waals surface area (Å²) < 4.78 is 5.57. The number of anilines is 1. The van der Waals surface area contributed by atoms with E-state index in [2.05, 4.69) is 25.1 Å². The summed E-state index contributed by atoms with van der Waals surface area (Å²) in [5.41, 5.74) is 0. The van der Waals surface area contributed by atoms with Crippen LogP contribution < -0.4 is 10.2 Å². The third-order valence-corrected chi connectivity index (χ3v) is 4.27. The van der Waals surface area contributed by atoms with Crippen LogP contribution in [0.1, 0.15) is 0 Å². The van der Waals surface area contributed by atoms with Crippen molar-refractivity contribution in [2.45, 2.75) is 6.04 Å². The van der Waals surface area contributed by atoms with Crippen LogP contribution in [0.15, 0.2) is 18.5 Å². The van der Waals surface area contributed by atoms with Crippen molar-refractivity contribution in [3.8, 4) is 0 Å². The van der Waals surface area contributed by atoms with Crippen molar-refractivity contribution in [3.63, 3.8) is 0 Å². The van der Waals surface area contributed by atoms with E-state index in [0.717, 1.165) is 51.9 Å². The van der Waals surface area contributed by atoms with Crippen molar-refractivity contribution in [3.05, 3.63) is 18.5 Å². The maximum atomic E-state index is 5.57. The van der Waals surface area contributed by atoms with E-state index in [-0.39, 0.29) is 0 Å². The molecule has 2 aliphatic rings. The molecule has 0 bridgehead atoms. The number of ether oxygens (including phenoxy) is 1. The number of rotatable bonds is 4. The van der Waals surface area contributed by atoms with Gasteiger partial charge in [0.2, 0.25) is 5.95 Å². The van der Waals surface area contributed by atoms with E-state index in [1.54, 1.807) is 0 Å². The second-order valence-electron chi connectivity index (χ2n) is 5.53. The van der Waals surface area contributed by atoms with E-state index in [0.29, 0.717) is 12.0 Å². The normalized spacial score (nSPS) is 27.9. The fraction of sp³-hybridized carbons (Fsp3) is 0.714. The number of hydrogen-bond donors (Lipinski definition) is 1. The van der Waals surface area contributed by atoms with Crippen molar-refractivity contribution in [1.29, 1.82) is 0 Å². The quantitative estimate of drug-likeness (QED) is 0.825. The van der Waals surface area contributed by atoms with Gasteiger partial charge < -0.3 is 15.0 Å². The van der Waals surface area contributed by atoms with Gasteiger partial charge in [-0.3, -0.25) is 4.90 Å². The summed E-state index contributed by atoms with van der Waals surface area (Å²) in [6, 6.07) is 2.36. The van der Waals surface area contributed by atoms with Gasteiger partial charge in [0.25, 0.3) is 0 Å². The lowest BCUT2D eigenvalue weighted by molar-refractivity contribution is 0.164. The third kappa shape index (κ3) is 3.08. The van der Waals surface area contributed by atoms with Gasteiger partial charge in [-0.1, -0.05) is 0 Å². The highest BCUT2D eigenvalue weighted by atomic mass is 16.5. The molecule has 2 fully saturated rings. The first-order valence-electron chi connectivity index (χ1n) is 7.36. The zero-order valence-corrected chi connectivity index (χ0v) is 12.0. The lowest BCUT2D eigenvalue weighted by Gasteiger charge is -2.36. The average Bonchev–Trinajstić information content (AvgIpc) is 2.96. The van der Waals surface area contributed by atoms with Crippen LogP contribution in [0.5, 0.6) is 0 Å². The first-order chi connectivity index (χ1) is 9.86. The van der Waals surface area contributed by atoms with Crippen molar-refractivity contribution in [2.75, 3.05) is 57.9 Å². The highest BCUT2D eigenvalue weighted by molar-refractivity contribution is 5.29. The van der Waals surface area contributed by atoms with Crippen molar-refractivity contribution < 1.29 is 4.74 Å². The third-order valence-electron chi connectivity index (χ3n) is 4.27. The summed E-state index contributed by atoms with van der Waals surface area (Å²) in [6.07, 6.45) is 3.62. The summed E-state index contributed by atoms with van der Waals surface area (Å²) in [6.45, 7) is 7.00. The fourth-order valence-electron chi connectivity index (χ4n) is 3.01. The Hall–Kier alpha value is -1.24. The minimum absolute atomic E-state index is 0.505. The molecule has 2 saturated heterocycles. The maximum absolute atomic E-state index is 5.57. The predicted octanol–water partition coefficient (Wildman–Crippen LogP) is -0.167. The molecule has 1 aromatic rings. The molecule has 6 heteroatoms. The van der Waals surface area contributed by atoms with Crippen LogP contribution in [0.2, 0.25) is 0 Å². The molecule has 0 spiro atoms. The molecule has 0 amide bonds. The highest BCUT2D eigenvalue weighted by Crippen LogP contribution is 2.17. The van der Waals surface area contributed by atoms with Crippen molar-refractivity contribution in [1.82, 2.24) is 20.2 Å². The lowest BCUT2D eigenvalue weighted by atomic mass is 10.0. The Morgan fingerprint density at radius 2 is 1.95 bits per heavy atom. The number of piperazine rings is 1. The van der Waals surface area contributed by atoms with Gasteiger partial charge in [-0.05, 0) is 13.1 Å². The van der Waals surface area contributed by atoms with Gasteiger partial charge >= 0.3 is 0 Å². The number of aromatic nitrogens is 2. The Morgan fingerprint density at radius 3 is 2.65 bits per heavy atom. The van der Waals surface area contributed by atoms with Crippen LogP contribution in [0, 0.1) is 5.92 Å². The minimum Gasteiger partial charge on any atom is -0.379 e. The van der Waals surface area contributed by atoms with Crippen LogP contribution >= 0.6 is 0 Å². The summed E-state index contributed by atoms with van der Waals surface area (Å²) >= 11 is 0. The molecule has 1 aromatic heterocycles. The molecule has 1 N–H and O–H groups in total. The fourth-order valence-corrected chi connectivity index (χ4v) is 3.01. The van der Waals surface area contributed by atoms with E-state index >= 15 is 0 Å². The van der Waals surface area contributed by atoms with Crippen LogP contribution in [-0.2, 0) is 4.74 Å². The van der Waals surface area contributed by atoms with E-state index in [1.807, 2.05) is 25.5 Å². The molecule has 2 aliphatic heterocycles. The lowest BCUT2D eigenvalue weighted by Crippen LogP contribution is -2.50.